The van der Waals surface area contributed by atoms with E-state index in [1.54, 1.807) is 44.2 Å². The van der Waals surface area contributed by atoms with Gasteiger partial charge in [0.25, 0.3) is 0 Å². The highest BCUT2D eigenvalue weighted by Crippen LogP contribution is 2.11. The average molecular weight is 508 g/mol. The van der Waals surface area contributed by atoms with Gasteiger partial charge in [0, 0.05) is 12.8 Å². The number of hydrogen-bond acceptors (Lipinski definition) is 7. The topological polar surface area (TPSA) is 214 Å². The molecule has 0 saturated carbocycles. The van der Waals surface area contributed by atoms with Gasteiger partial charge in [0.1, 0.15) is 24.2 Å². The van der Waals surface area contributed by atoms with Crippen molar-refractivity contribution in [3.63, 3.8) is 0 Å². The summed E-state index contributed by atoms with van der Waals surface area (Å²) in [6.45, 7) is 4.85. The largest absolute Gasteiger partial charge is 0.480 e. The molecule has 0 aromatic heterocycles. The van der Waals surface area contributed by atoms with Crippen molar-refractivity contribution in [1.82, 2.24) is 16.0 Å². The van der Waals surface area contributed by atoms with Gasteiger partial charge in [-0.1, -0.05) is 50.6 Å². The number of aliphatic carboxylic acids is 1. The normalized spacial score (nSPS) is 15.9. The lowest BCUT2D eigenvalue weighted by Crippen LogP contribution is -2.59. The van der Waals surface area contributed by atoms with Crippen molar-refractivity contribution in [1.29, 1.82) is 0 Å². The van der Waals surface area contributed by atoms with Gasteiger partial charge in [-0.25, -0.2) is 4.79 Å². The summed E-state index contributed by atoms with van der Waals surface area (Å²) in [5, 5.41) is 26.6. The van der Waals surface area contributed by atoms with Crippen molar-refractivity contribution in [2.24, 2.45) is 17.4 Å². The van der Waals surface area contributed by atoms with Crippen molar-refractivity contribution in [2.45, 2.75) is 76.7 Å². The highest BCUT2D eigenvalue weighted by atomic mass is 16.4. The van der Waals surface area contributed by atoms with Crippen molar-refractivity contribution < 1.29 is 34.2 Å². The van der Waals surface area contributed by atoms with Crippen LogP contribution in [0.15, 0.2) is 30.3 Å². The van der Waals surface area contributed by atoms with Crippen LogP contribution in [-0.2, 0) is 30.4 Å². The Hall–Kier alpha value is -3.51. The van der Waals surface area contributed by atoms with Crippen LogP contribution in [0.1, 0.15) is 45.6 Å². The molecule has 0 bridgehead atoms. The fourth-order valence-corrected chi connectivity index (χ4v) is 3.31. The number of carbonyl (C=O) groups excluding carboxylic acids is 4. The zero-order valence-corrected chi connectivity index (χ0v) is 20.8. The molecule has 4 amide bonds. The Labute approximate surface area is 210 Å². The van der Waals surface area contributed by atoms with Gasteiger partial charge in [-0.15, -0.1) is 0 Å². The number of aliphatic hydroxyl groups excluding tert-OH is 1. The molecule has 12 nitrogen and oxygen atoms in total. The minimum atomic E-state index is -1.38. The number of carboxylic acid groups (broad SMARTS) is 1. The lowest BCUT2D eigenvalue weighted by Gasteiger charge is -2.28. The molecule has 1 rings (SSSR count). The number of aliphatic hydroxyl groups is 1. The zero-order chi connectivity index (χ0) is 27.4. The molecule has 0 spiro atoms. The first kappa shape index (κ1) is 30.5. The maximum absolute atomic E-state index is 13.3. The van der Waals surface area contributed by atoms with Crippen LogP contribution in [0, 0.1) is 5.92 Å². The first-order chi connectivity index (χ1) is 16.9. The quantitative estimate of drug-likeness (QED) is 0.152. The van der Waals surface area contributed by atoms with Gasteiger partial charge < -0.3 is 37.6 Å². The van der Waals surface area contributed by atoms with Crippen LogP contribution < -0.4 is 27.4 Å². The Balaban J connectivity index is 3.12. The van der Waals surface area contributed by atoms with E-state index in [1.807, 2.05) is 0 Å². The number of benzene rings is 1. The van der Waals surface area contributed by atoms with Crippen LogP contribution in [0.2, 0.25) is 0 Å². The van der Waals surface area contributed by atoms with Gasteiger partial charge in [-0.05, 0) is 24.8 Å². The van der Waals surface area contributed by atoms with E-state index in [-0.39, 0.29) is 19.3 Å². The first-order valence-corrected chi connectivity index (χ1v) is 11.8. The minimum absolute atomic E-state index is 0.0795. The molecule has 12 heteroatoms. The molecule has 1 aromatic rings. The molecule has 0 aliphatic carbocycles. The van der Waals surface area contributed by atoms with E-state index < -0.39 is 65.8 Å². The van der Waals surface area contributed by atoms with E-state index in [0.717, 1.165) is 5.56 Å². The molecule has 0 radical (unpaired) electrons. The number of carbonyl (C=O) groups is 5. The Morgan fingerprint density at radius 2 is 1.50 bits per heavy atom. The molecule has 36 heavy (non-hydrogen) atoms. The van der Waals surface area contributed by atoms with E-state index >= 15 is 0 Å². The number of primary amides is 1. The first-order valence-electron chi connectivity index (χ1n) is 11.8. The van der Waals surface area contributed by atoms with Crippen molar-refractivity contribution in [3.8, 4) is 0 Å². The summed E-state index contributed by atoms with van der Waals surface area (Å²) < 4.78 is 0. The Kier molecular flexibility index (Phi) is 12.5. The summed E-state index contributed by atoms with van der Waals surface area (Å²) in [7, 11) is 0. The highest BCUT2D eigenvalue weighted by molar-refractivity contribution is 5.94. The zero-order valence-electron chi connectivity index (χ0n) is 20.8. The highest BCUT2D eigenvalue weighted by Gasteiger charge is 2.33. The summed E-state index contributed by atoms with van der Waals surface area (Å²) >= 11 is 0. The van der Waals surface area contributed by atoms with E-state index in [1.165, 1.54) is 6.92 Å². The van der Waals surface area contributed by atoms with E-state index in [9.17, 15) is 34.2 Å². The molecule has 1 aromatic carbocycles. The molecule has 0 aliphatic heterocycles. The molecule has 0 saturated heterocycles. The van der Waals surface area contributed by atoms with Crippen molar-refractivity contribution in [3.05, 3.63) is 35.9 Å². The molecule has 200 valence electrons. The summed E-state index contributed by atoms with van der Waals surface area (Å²) in [4.78, 5) is 61.3. The Morgan fingerprint density at radius 1 is 0.917 bits per heavy atom. The summed E-state index contributed by atoms with van der Waals surface area (Å²) in [6.07, 6.45) is -1.05. The van der Waals surface area contributed by atoms with E-state index in [2.05, 4.69) is 16.0 Å². The number of hydrogen-bond donors (Lipinski definition) is 7. The monoisotopic (exact) mass is 507 g/mol. The third-order valence-electron chi connectivity index (χ3n) is 5.83. The van der Waals surface area contributed by atoms with E-state index in [4.69, 9.17) is 11.5 Å². The fraction of sp³-hybridized carbons (Fsp3) is 0.542. The Morgan fingerprint density at radius 3 is 2.00 bits per heavy atom. The summed E-state index contributed by atoms with van der Waals surface area (Å²) in [5.41, 5.74) is 11.5. The third-order valence-corrected chi connectivity index (χ3v) is 5.83. The Bertz CT molecular complexity index is 909. The number of rotatable bonds is 15. The number of carboxylic acids is 1. The van der Waals surface area contributed by atoms with E-state index in [0.29, 0.717) is 6.42 Å². The summed E-state index contributed by atoms with van der Waals surface area (Å²) in [5.74, 6) is -4.64. The van der Waals surface area contributed by atoms with Gasteiger partial charge in [-0.3, -0.25) is 19.2 Å². The van der Waals surface area contributed by atoms with Crippen molar-refractivity contribution in [2.75, 3.05) is 0 Å². The standard InChI is InChI=1S/C24H37N5O7/c1-4-13(2)20(23(34)27-16(24(35)36)10-11-18(25)31)29-21(32)17(12-15-8-6-5-7-9-15)28-22(33)19(26)14(3)30/h5-9,13-14,16-17,19-20,30H,4,10-12,26H2,1-3H3,(H2,25,31)(H,27,34)(H,28,33)(H,29,32)(H,35,36). The molecule has 9 N–H and O–H groups in total. The number of nitrogens with one attached hydrogen (secondary N) is 3. The van der Waals surface area contributed by atoms with Crippen LogP contribution in [0.4, 0.5) is 0 Å². The van der Waals surface area contributed by atoms with Gasteiger partial charge in [0.05, 0.1) is 6.10 Å². The number of amides is 4. The second-order valence-corrected chi connectivity index (χ2v) is 8.79. The smallest absolute Gasteiger partial charge is 0.326 e. The van der Waals surface area contributed by atoms with Crippen LogP contribution in [0.5, 0.6) is 0 Å². The maximum Gasteiger partial charge on any atom is 0.326 e. The molecule has 6 atom stereocenters. The predicted molar refractivity (Wildman–Crippen MR) is 131 cm³/mol. The van der Waals surface area contributed by atoms with Crippen molar-refractivity contribution >= 4 is 29.6 Å². The molecule has 0 heterocycles. The molecular weight excluding hydrogens is 470 g/mol. The summed E-state index contributed by atoms with van der Waals surface area (Å²) in [6, 6.07) is 3.94. The third kappa shape index (κ3) is 10.0. The predicted octanol–water partition coefficient (Wildman–Crippen LogP) is -1.21. The van der Waals surface area contributed by atoms with Gasteiger partial charge in [-0.2, -0.15) is 0 Å². The van der Waals surface area contributed by atoms with Crippen LogP contribution >= 0.6 is 0 Å². The van der Waals surface area contributed by atoms with Gasteiger partial charge in [0.15, 0.2) is 0 Å². The SMILES string of the molecule is CCC(C)C(NC(=O)C(Cc1ccccc1)NC(=O)C(N)C(C)O)C(=O)NC(CCC(N)=O)C(=O)O. The minimum Gasteiger partial charge on any atom is -0.480 e. The second-order valence-electron chi connectivity index (χ2n) is 8.79. The molecule has 0 fully saturated rings. The molecule has 0 aliphatic rings. The van der Waals surface area contributed by atoms with Crippen LogP contribution in [-0.4, -0.2) is 70.1 Å². The lowest BCUT2D eigenvalue weighted by molar-refractivity contribution is -0.143. The number of nitrogens with two attached hydrogens (primary N) is 2. The van der Waals surface area contributed by atoms with Crippen LogP contribution in [0.3, 0.4) is 0 Å². The molecule has 6 unspecified atom stereocenters. The fourth-order valence-electron chi connectivity index (χ4n) is 3.31. The van der Waals surface area contributed by atoms with Crippen LogP contribution in [0.25, 0.3) is 0 Å². The maximum atomic E-state index is 13.3. The molecular formula is C24H37N5O7. The average Bonchev–Trinajstić information content (AvgIpc) is 2.83. The lowest BCUT2D eigenvalue weighted by atomic mass is 9.96. The van der Waals surface area contributed by atoms with Gasteiger partial charge >= 0.3 is 5.97 Å². The van der Waals surface area contributed by atoms with Gasteiger partial charge in [0.2, 0.25) is 23.6 Å². The second kappa shape index (κ2) is 14.8.